The summed E-state index contributed by atoms with van der Waals surface area (Å²) in [5.74, 6) is 0. The van der Waals surface area contributed by atoms with Gasteiger partial charge >= 0.3 is 0 Å². The molecule has 0 aliphatic rings. The lowest BCUT2D eigenvalue weighted by molar-refractivity contribution is 0.866. The normalized spacial score (nSPS) is 10.8. The van der Waals surface area contributed by atoms with Crippen molar-refractivity contribution in [2.24, 2.45) is 0 Å². The van der Waals surface area contributed by atoms with E-state index in [1.54, 1.807) is 0 Å². The average molecular weight is 363 g/mol. The highest BCUT2D eigenvalue weighted by Gasteiger charge is 2.08. The van der Waals surface area contributed by atoms with Crippen LogP contribution in [0.1, 0.15) is 27.7 Å². The fraction of sp³-hybridized carbons (Fsp3) is 0.348. The van der Waals surface area contributed by atoms with Crippen LogP contribution in [0, 0.1) is 0 Å². The molecule has 1 heterocycles. The van der Waals surface area contributed by atoms with Gasteiger partial charge in [0.15, 0.2) is 0 Å². The second-order valence-electron chi connectivity index (χ2n) is 6.61. The van der Waals surface area contributed by atoms with E-state index in [1.165, 1.54) is 11.4 Å². The topological polar surface area (TPSA) is 35.2 Å². The molecule has 0 atom stereocenters. The summed E-state index contributed by atoms with van der Waals surface area (Å²) in [4.78, 5) is 4.69. The van der Waals surface area contributed by atoms with E-state index < -0.39 is 0 Å². The van der Waals surface area contributed by atoms with E-state index in [4.69, 9.17) is 0 Å². The molecule has 0 saturated heterocycles. The lowest BCUT2D eigenvalue weighted by Gasteiger charge is -2.21. The van der Waals surface area contributed by atoms with Crippen LogP contribution < -0.4 is 9.80 Å². The molecule has 1 aromatic heterocycles. The number of benzene rings is 2. The van der Waals surface area contributed by atoms with Crippen molar-refractivity contribution in [3.05, 3.63) is 54.6 Å². The molecular formula is C23H30N4. The highest BCUT2D eigenvalue weighted by atomic mass is 15.1. The van der Waals surface area contributed by atoms with Gasteiger partial charge in [0.25, 0.3) is 0 Å². The quantitative estimate of drug-likeness (QED) is 0.580. The van der Waals surface area contributed by atoms with Crippen molar-refractivity contribution in [1.29, 1.82) is 0 Å². The standard InChI is InChI=1S/C23H30N4/c1-5-26(6-2)20-13-9-18(10-14-20)22-17-23(25-24-22)19-11-15-21(16-12-19)27(7-3)8-4/h9-17H,5-8H2,1-4H3,(H,24,25). The van der Waals surface area contributed by atoms with E-state index >= 15 is 0 Å². The van der Waals surface area contributed by atoms with Crippen LogP contribution in [0.15, 0.2) is 54.6 Å². The van der Waals surface area contributed by atoms with Crippen molar-refractivity contribution in [3.63, 3.8) is 0 Å². The molecule has 4 heteroatoms. The van der Waals surface area contributed by atoms with Gasteiger partial charge in [0.2, 0.25) is 0 Å². The van der Waals surface area contributed by atoms with Gasteiger partial charge in [-0.1, -0.05) is 24.3 Å². The van der Waals surface area contributed by atoms with Gasteiger partial charge in [-0.25, -0.2) is 0 Å². The number of rotatable bonds is 8. The maximum Gasteiger partial charge on any atom is 0.0927 e. The van der Waals surface area contributed by atoms with Gasteiger partial charge in [0, 0.05) is 43.1 Å². The summed E-state index contributed by atoms with van der Waals surface area (Å²) in [6, 6.07) is 19.5. The zero-order chi connectivity index (χ0) is 19.2. The predicted molar refractivity (Wildman–Crippen MR) is 117 cm³/mol. The molecule has 0 spiro atoms. The molecular weight excluding hydrogens is 332 g/mol. The Balaban J connectivity index is 1.78. The Morgan fingerprint density at radius 1 is 0.667 bits per heavy atom. The third-order valence-electron chi connectivity index (χ3n) is 5.18. The van der Waals surface area contributed by atoms with E-state index in [2.05, 4.69) is 102 Å². The number of nitrogens with zero attached hydrogens (tertiary/aromatic N) is 3. The molecule has 27 heavy (non-hydrogen) atoms. The van der Waals surface area contributed by atoms with Gasteiger partial charge in [-0.15, -0.1) is 0 Å². The Bertz CT molecular complexity index is 756. The number of nitrogens with one attached hydrogen (secondary N) is 1. The molecule has 4 nitrogen and oxygen atoms in total. The first kappa shape index (κ1) is 19.0. The molecule has 0 radical (unpaired) electrons. The van der Waals surface area contributed by atoms with Gasteiger partial charge in [-0.3, -0.25) is 5.10 Å². The van der Waals surface area contributed by atoms with Gasteiger partial charge in [-0.05, 0) is 63.6 Å². The molecule has 2 aromatic carbocycles. The fourth-order valence-corrected chi connectivity index (χ4v) is 3.49. The third kappa shape index (κ3) is 4.16. The van der Waals surface area contributed by atoms with Crippen molar-refractivity contribution in [3.8, 4) is 22.5 Å². The molecule has 3 rings (SSSR count). The Hall–Kier alpha value is -2.75. The van der Waals surface area contributed by atoms with Crippen LogP contribution in [0.4, 0.5) is 11.4 Å². The van der Waals surface area contributed by atoms with Crippen molar-refractivity contribution < 1.29 is 0 Å². The van der Waals surface area contributed by atoms with Crippen LogP contribution in [0.25, 0.3) is 22.5 Å². The number of H-pyrrole nitrogens is 1. The fourth-order valence-electron chi connectivity index (χ4n) is 3.49. The summed E-state index contributed by atoms with van der Waals surface area (Å²) in [6.07, 6.45) is 0. The highest BCUT2D eigenvalue weighted by molar-refractivity contribution is 5.70. The largest absolute Gasteiger partial charge is 0.372 e. The summed E-state index contributed by atoms with van der Waals surface area (Å²) < 4.78 is 0. The zero-order valence-corrected chi connectivity index (χ0v) is 16.9. The van der Waals surface area contributed by atoms with Crippen molar-refractivity contribution in [2.45, 2.75) is 27.7 Å². The Kier molecular flexibility index (Phi) is 6.17. The molecule has 0 saturated carbocycles. The first-order valence-electron chi connectivity index (χ1n) is 9.96. The number of hydrogen-bond acceptors (Lipinski definition) is 3. The molecule has 0 aliphatic carbocycles. The third-order valence-corrected chi connectivity index (χ3v) is 5.18. The predicted octanol–water partition coefficient (Wildman–Crippen LogP) is 5.44. The lowest BCUT2D eigenvalue weighted by Crippen LogP contribution is -2.21. The SMILES string of the molecule is CCN(CC)c1ccc(-c2cc(-c3ccc(N(CC)CC)cc3)[nH]n2)cc1. The Morgan fingerprint density at radius 2 is 1.11 bits per heavy atom. The molecule has 0 fully saturated rings. The number of aromatic amines is 1. The Labute approximate surface area is 162 Å². The minimum absolute atomic E-state index is 0.976. The van der Waals surface area contributed by atoms with Crippen LogP contribution in [-0.4, -0.2) is 36.4 Å². The molecule has 0 aliphatic heterocycles. The highest BCUT2D eigenvalue weighted by Crippen LogP contribution is 2.27. The van der Waals surface area contributed by atoms with Crippen LogP contribution in [0.3, 0.4) is 0 Å². The molecule has 0 unspecified atom stereocenters. The minimum atomic E-state index is 0.976. The summed E-state index contributed by atoms with van der Waals surface area (Å²) >= 11 is 0. The second kappa shape index (κ2) is 8.76. The first-order chi connectivity index (χ1) is 13.2. The zero-order valence-electron chi connectivity index (χ0n) is 16.9. The van der Waals surface area contributed by atoms with Crippen LogP contribution in [0.2, 0.25) is 0 Å². The number of anilines is 2. The molecule has 1 N–H and O–H groups in total. The van der Waals surface area contributed by atoms with Crippen molar-refractivity contribution in [2.75, 3.05) is 36.0 Å². The second-order valence-corrected chi connectivity index (χ2v) is 6.61. The maximum atomic E-state index is 4.52. The van der Waals surface area contributed by atoms with Crippen molar-refractivity contribution >= 4 is 11.4 Å². The van der Waals surface area contributed by atoms with Crippen LogP contribution in [0.5, 0.6) is 0 Å². The minimum Gasteiger partial charge on any atom is -0.372 e. The van der Waals surface area contributed by atoms with E-state index in [0.29, 0.717) is 0 Å². The smallest absolute Gasteiger partial charge is 0.0927 e. The molecule has 0 amide bonds. The maximum absolute atomic E-state index is 4.52. The van der Waals surface area contributed by atoms with Crippen LogP contribution >= 0.6 is 0 Å². The van der Waals surface area contributed by atoms with Gasteiger partial charge < -0.3 is 9.80 Å². The summed E-state index contributed by atoms with van der Waals surface area (Å²) in [6.45, 7) is 12.8. The molecule has 3 aromatic rings. The van der Waals surface area contributed by atoms with Crippen molar-refractivity contribution in [1.82, 2.24) is 10.2 Å². The lowest BCUT2D eigenvalue weighted by atomic mass is 10.1. The first-order valence-corrected chi connectivity index (χ1v) is 9.96. The Morgan fingerprint density at radius 3 is 1.56 bits per heavy atom. The monoisotopic (exact) mass is 362 g/mol. The van der Waals surface area contributed by atoms with E-state index in [-0.39, 0.29) is 0 Å². The van der Waals surface area contributed by atoms with E-state index in [0.717, 1.165) is 48.7 Å². The number of aromatic nitrogens is 2. The molecule has 142 valence electrons. The van der Waals surface area contributed by atoms with Gasteiger partial charge in [0.05, 0.1) is 11.4 Å². The molecule has 0 bridgehead atoms. The summed E-state index contributed by atoms with van der Waals surface area (Å²) in [5.41, 5.74) is 6.83. The van der Waals surface area contributed by atoms with Gasteiger partial charge in [0.1, 0.15) is 0 Å². The van der Waals surface area contributed by atoms with E-state index in [1.807, 2.05) is 0 Å². The number of hydrogen-bond donors (Lipinski definition) is 1. The van der Waals surface area contributed by atoms with E-state index in [9.17, 15) is 0 Å². The van der Waals surface area contributed by atoms with Crippen LogP contribution in [-0.2, 0) is 0 Å². The average Bonchev–Trinajstić information content (AvgIpc) is 3.21. The summed E-state index contributed by atoms with van der Waals surface area (Å²) in [5, 5.41) is 7.70. The summed E-state index contributed by atoms with van der Waals surface area (Å²) in [7, 11) is 0. The van der Waals surface area contributed by atoms with Gasteiger partial charge in [-0.2, -0.15) is 5.10 Å².